The molecule has 0 atom stereocenters. The zero-order chi connectivity index (χ0) is 14.4. The molecule has 2 rings (SSSR count). The molecule has 0 spiro atoms. The number of H-pyrrole nitrogens is 1. The van der Waals surface area contributed by atoms with Gasteiger partial charge in [-0.3, -0.25) is 10.1 Å². The molecule has 20 heavy (non-hydrogen) atoms. The largest absolute Gasteiger partial charge is 0.395 e. The third kappa shape index (κ3) is 3.43. The molecular weight excluding hydrogens is 261 g/mol. The van der Waals surface area contributed by atoms with Crippen LogP contribution in [0, 0.1) is 17.7 Å². The fourth-order valence-corrected chi connectivity index (χ4v) is 1.51. The van der Waals surface area contributed by atoms with Gasteiger partial charge in [0.05, 0.1) is 12.2 Å². The highest BCUT2D eigenvalue weighted by Gasteiger charge is 2.13. The number of aromatic nitrogens is 2. The summed E-state index contributed by atoms with van der Waals surface area (Å²) in [6.45, 7) is -0.0416. The van der Waals surface area contributed by atoms with E-state index in [2.05, 4.69) is 27.1 Å². The first kappa shape index (κ1) is 13.8. The lowest BCUT2D eigenvalue weighted by molar-refractivity contribution is 0.102. The molecule has 102 valence electrons. The number of nitrogens with zero attached hydrogens (tertiary/aromatic N) is 1. The number of amides is 1. The lowest BCUT2D eigenvalue weighted by Crippen LogP contribution is -2.14. The highest BCUT2D eigenvalue weighted by molar-refractivity contribution is 6.03. The molecule has 2 aromatic rings. The quantitative estimate of drug-likeness (QED) is 0.742. The Hall–Kier alpha value is -2.65. The van der Waals surface area contributed by atoms with Gasteiger partial charge in [-0.1, -0.05) is 11.8 Å². The number of imidazole rings is 1. The number of anilines is 1. The summed E-state index contributed by atoms with van der Waals surface area (Å²) >= 11 is 0. The van der Waals surface area contributed by atoms with E-state index in [1.165, 1.54) is 24.4 Å². The van der Waals surface area contributed by atoms with Crippen molar-refractivity contribution in [3.8, 4) is 11.8 Å². The molecule has 1 amide bonds. The number of rotatable bonds is 3. The van der Waals surface area contributed by atoms with E-state index in [0.29, 0.717) is 12.0 Å². The van der Waals surface area contributed by atoms with Gasteiger partial charge in [-0.15, -0.1) is 0 Å². The first-order valence-corrected chi connectivity index (χ1v) is 5.90. The molecule has 0 radical (unpaired) electrons. The van der Waals surface area contributed by atoms with Crippen LogP contribution in [0.25, 0.3) is 0 Å². The van der Waals surface area contributed by atoms with Gasteiger partial charge in [0.15, 0.2) is 0 Å². The number of carbonyl (C=O) groups is 1. The number of carbonyl (C=O) groups excluding carboxylic acids is 1. The third-order valence-electron chi connectivity index (χ3n) is 2.41. The van der Waals surface area contributed by atoms with E-state index in [4.69, 9.17) is 5.11 Å². The second-order valence-corrected chi connectivity index (χ2v) is 3.86. The van der Waals surface area contributed by atoms with Gasteiger partial charge in [-0.25, -0.2) is 9.37 Å². The fraction of sp³-hybridized carbons (Fsp3) is 0.143. The van der Waals surface area contributed by atoms with E-state index in [0.717, 1.165) is 0 Å². The first-order chi connectivity index (χ1) is 9.70. The average molecular weight is 273 g/mol. The summed E-state index contributed by atoms with van der Waals surface area (Å²) in [5.41, 5.74) is 0.390. The van der Waals surface area contributed by atoms with E-state index >= 15 is 0 Å². The molecule has 1 aromatic heterocycles. The topological polar surface area (TPSA) is 78.0 Å². The second-order valence-electron chi connectivity index (χ2n) is 3.86. The van der Waals surface area contributed by atoms with Crippen LogP contribution >= 0.6 is 0 Å². The maximum Gasteiger partial charge on any atom is 0.260 e. The van der Waals surface area contributed by atoms with Crippen molar-refractivity contribution in [1.29, 1.82) is 0 Å². The summed E-state index contributed by atoms with van der Waals surface area (Å²) in [6.07, 6.45) is 3.34. The van der Waals surface area contributed by atoms with Crippen molar-refractivity contribution in [2.45, 2.75) is 6.42 Å². The molecule has 0 bridgehead atoms. The predicted octanol–water partition coefficient (Wildman–Crippen LogP) is 1.53. The number of benzene rings is 1. The molecule has 0 aliphatic rings. The number of hydrogen-bond donors (Lipinski definition) is 3. The smallest absolute Gasteiger partial charge is 0.260 e. The van der Waals surface area contributed by atoms with Gasteiger partial charge in [-0.05, 0) is 18.2 Å². The Bertz CT molecular complexity index is 657. The highest BCUT2D eigenvalue weighted by Crippen LogP contribution is 2.12. The van der Waals surface area contributed by atoms with Crippen molar-refractivity contribution in [3.63, 3.8) is 0 Å². The summed E-state index contributed by atoms with van der Waals surface area (Å²) in [7, 11) is 0. The lowest BCUT2D eigenvalue weighted by Gasteiger charge is -2.04. The SMILES string of the molecule is O=C(Nc1ncc[nH]1)c1cc(C#CCCO)ccc1F. The molecule has 1 heterocycles. The maximum absolute atomic E-state index is 13.7. The van der Waals surface area contributed by atoms with E-state index in [-0.39, 0.29) is 18.1 Å². The minimum atomic E-state index is -0.637. The molecule has 1 aromatic carbocycles. The minimum absolute atomic E-state index is 0.0416. The van der Waals surface area contributed by atoms with Crippen LogP contribution in [0.5, 0.6) is 0 Å². The Balaban J connectivity index is 2.20. The Morgan fingerprint density at radius 3 is 3.05 bits per heavy atom. The number of hydrogen-bond acceptors (Lipinski definition) is 3. The van der Waals surface area contributed by atoms with Crippen LogP contribution in [-0.2, 0) is 0 Å². The molecule has 0 saturated carbocycles. The van der Waals surface area contributed by atoms with Gasteiger partial charge in [-0.2, -0.15) is 0 Å². The van der Waals surface area contributed by atoms with Gasteiger partial charge >= 0.3 is 0 Å². The van der Waals surface area contributed by atoms with E-state index < -0.39 is 11.7 Å². The van der Waals surface area contributed by atoms with Gasteiger partial charge in [0, 0.05) is 24.4 Å². The summed E-state index contributed by atoms with van der Waals surface area (Å²) in [4.78, 5) is 18.4. The van der Waals surface area contributed by atoms with E-state index in [9.17, 15) is 9.18 Å². The summed E-state index contributed by atoms with van der Waals surface area (Å²) in [5, 5.41) is 11.1. The zero-order valence-corrected chi connectivity index (χ0v) is 10.5. The summed E-state index contributed by atoms with van der Waals surface area (Å²) in [5.74, 6) is 4.45. The molecule has 0 aliphatic carbocycles. The normalized spacial score (nSPS) is 9.70. The third-order valence-corrected chi connectivity index (χ3v) is 2.41. The maximum atomic E-state index is 13.7. The van der Waals surface area contributed by atoms with Crippen molar-refractivity contribution in [1.82, 2.24) is 9.97 Å². The summed E-state index contributed by atoms with van der Waals surface area (Å²) < 4.78 is 13.7. The number of aromatic amines is 1. The molecule has 0 fully saturated rings. The standard InChI is InChI=1S/C14H12FN3O2/c15-12-5-4-10(3-1-2-8-19)9-11(12)13(20)18-14-16-6-7-17-14/h4-7,9,19H,2,8H2,(H2,16,17,18,20). The predicted molar refractivity (Wildman–Crippen MR) is 71.5 cm³/mol. The Labute approximate surface area is 114 Å². The Morgan fingerprint density at radius 1 is 1.50 bits per heavy atom. The van der Waals surface area contributed by atoms with Crippen molar-refractivity contribution in [2.24, 2.45) is 0 Å². The molecule has 3 N–H and O–H groups in total. The van der Waals surface area contributed by atoms with Gasteiger partial charge in [0.2, 0.25) is 5.95 Å². The summed E-state index contributed by atoms with van der Waals surface area (Å²) in [6, 6.07) is 4.02. The molecule has 0 saturated heterocycles. The van der Waals surface area contributed by atoms with Crippen LogP contribution in [0.15, 0.2) is 30.6 Å². The zero-order valence-electron chi connectivity index (χ0n) is 10.5. The lowest BCUT2D eigenvalue weighted by atomic mass is 10.1. The van der Waals surface area contributed by atoms with Crippen LogP contribution in [-0.4, -0.2) is 27.6 Å². The van der Waals surface area contributed by atoms with Crippen LogP contribution in [0.4, 0.5) is 10.3 Å². The monoisotopic (exact) mass is 273 g/mol. The van der Waals surface area contributed by atoms with Crippen molar-refractivity contribution in [3.05, 3.63) is 47.5 Å². The minimum Gasteiger partial charge on any atom is -0.395 e. The molecule has 5 nitrogen and oxygen atoms in total. The van der Waals surface area contributed by atoms with E-state index in [1.807, 2.05) is 0 Å². The van der Waals surface area contributed by atoms with Crippen molar-refractivity contribution in [2.75, 3.05) is 11.9 Å². The number of aliphatic hydroxyl groups excluding tert-OH is 1. The Kier molecular flexibility index (Phi) is 4.47. The van der Waals surface area contributed by atoms with Crippen molar-refractivity contribution >= 4 is 11.9 Å². The number of nitrogens with one attached hydrogen (secondary N) is 2. The van der Waals surface area contributed by atoms with Crippen LogP contribution in [0.2, 0.25) is 0 Å². The molecular formula is C14H12FN3O2. The molecule has 6 heteroatoms. The van der Waals surface area contributed by atoms with Crippen LogP contribution in [0.3, 0.4) is 0 Å². The highest BCUT2D eigenvalue weighted by atomic mass is 19.1. The van der Waals surface area contributed by atoms with Gasteiger partial charge in [0.25, 0.3) is 5.91 Å². The Morgan fingerprint density at radius 2 is 2.35 bits per heavy atom. The average Bonchev–Trinajstić information content (AvgIpc) is 2.93. The first-order valence-electron chi connectivity index (χ1n) is 5.90. The second kappa shape index (κ2) is 6.50. The van der Waals surface area contributed by atoms with Gasteiger partial charge in [0.1, 0.15) is 5.82 Å². The van der Waals surface area contributed by atoms with Crippen LogP contribution < -0.4 is 5.32 Å². The van der Waals surface area contributed by atoms with E-state index in [1.54, 1.807) is 6.20 Å². The van der Waals surface area contributed by atoms with Gasteiger partial charge < -0.3 is 10.1 Å². The molecule has 0 aliphatic heterocycles. The fourth-order valence-electron chi connectivity index (χ4n) is 1.51. The number of aliphatic hydroxyl groups is 1. The van der Waals surface area contributed by atoms with Crippen LogP contribution in [0.1, 0.15) is 22.3 Å². The molecule has 0 unspecified atom stereocenters. The number of halogens is 1. The van der Waals surface area contributed by atoms with Crippen molar-refractivity contribution < 1.29 is 14.3 Å².